The van der Waals surface area contributed by atoms with E-state index in [1.54, 1.807) is 17.0 Å². The maximum atomic E-state index is 13.8. The zero-order valence-corrected chi connectivity index (χ0v) is 12.2. The number of hydrogen-bond acceptors (Lipinski definition) is 1. The van der Waals surface area contributed by atoms with E-state index in [2.05, 4.69) is 0 Å². The second-order valence-electron chi connectivity index (χ2n) is 5.19. The van der Waals surface area contributed by atoms with E-state index >= 15 is 0 Å². The zero-order valence-electron chi connectivity index (χ0n) is 11.4. The summed E-state index contributed by atoms with van der Waals surface area (Å²) in [6.07, 6.45) is 1.81. The lowest BCUT2D eigenvalue weighted by atomic mass is 10.0. The Morgan fingerprint density at radius 1 is 1.14 bits per heavy atom. The first-order valence-electron chi connectivity index (χ1n) is 6.98. The standard InChI is InChI=1S/C17H15ClFNO/c18-13-9-7-12(8-10-13)16-6-3-11-20(16)17(21)14-4-1-2-5-15(14)19/h1-2,4-5,7-10,16H,3,6,11H2/t16-/m1/s1. The van der Waals surface area contributed by atoms with Gasteiger partial charge in [0.25, 0.3) is 5.91 Å². The Balaban J connectivity index is 1.89. The molecule has 0 aromatic heterocycles. The normalized spacial score (nSPS) is 18.0. The van der Waals surface area contributed by atoms with Crippen molar-refractivity contribution in [3.05, 3.63) is 70.5 Å². The van der Waals surface area contributed by atoms with Gasteiger partial charge in [-0.1, -0.05) is 35.9 Å². The summed E-state index contributed by atoms with van der Waals surface area (Å²) in [6.45, 7) is 0.653. The molecule has 1 atom stereocenters. The SMILES string of the molecule is O=C(c1ccccc1F)N1CCC[C@@H]1c1ccc(Cl)cc1. The van der Waals surface area contributed by atoms with E-state index < -0.39 is 5.82 Å². The molecule has 0 radical (unpaired) electrons. The minimum Gasteiger partial charge on any atom is -0.332 e. The van der Waals surface area contributed by atoms with Gasteiger partial charge < -0.3 is 4.90 Å². The Morgan fingerprint density at radius 2 is 1.86 bits per heavy atom. The smallest absolute Gasteiger partial charge is 0.257 e. The average Bonchev–Trinajstić information content (AvgIpc) is 2.97. The summed E-state index contributed by atoms with van der Waals surface area (Å²) >= 11 is 5.90. The van der Waals surface area contributed by atoms with Gasteiger partial charge in [-0.25, -0.2) is 4.39 Å². The molecule has 2 aromatic carbocycles. The Labute approximate surface area is 128 Å². The van der Waals surface area contributed by atoms with Gasteiger partial charge in [0.05, 0.1) is 11.6 Å². The van der Waals surface area contributed by atoms with Crippen molar-refractivity contribution >= 4 is 17.5 Å². The highest BCUT2D eigenvalue weighted by atomic mass is 35.5. The van der Waals surface area contributed by atoms with Crippen LogP contribution < -0.4 is 0 Å². The number of carbonyl (C=O) groups is 1. The van der Waals surface area contributed by atoms with E-state index in [-0.39, 0.29) is 17.5 Å². The molecule has 1 aliphatic rings. The van der Waals surface area contributed by atoms with E-state index in [4.69, 9.17) is 11.6 Å². The van der Waals surface area contributed by atoms with Crippen LogP contribution in [0.15, 0.2) is 48.5 Å². The number of carbonyl (C=O) groups excluding carboxylic acids is 1. The summed E-state index contributed by atoms with van der Waals surface area (Å²) in [7, 11) is 0. The number of benzene rings is 2. The second-order valence-corrected chi connectivity index (χ2v) is 5.62. The number of halogens is 2. The Kier molecular flexibility index (Phi) is 3.93. The van der Waals surface area contributed by atoms with Crippen LogP contribution in [0.25, 0.3) is 0 Å². The van der Waals surface area contributed by atoms with Gasteiger partial charge in [-0.3, -0.25) is 4.79 Å². The van der Waals surface area contributed by atoms with Crippen molar-refractivity contribution in [1.82, 2.24) is 4.90 Å². The first kappa shape index (κ1) is 14.1. The summed E-state index contributed by atoms with van der Waals surface area (Å²) in [5.74, 6) is -0.713. The van der Waals surface area contributed by atoms with Crippen LogP contribution >= 0.6 is 11.6 Å². The molecule has 4 heteroatoms. The predicted octanol–water partition coefficient (Wildman–Crippen LogP) is 4.46. The van der Waals surface area contributed by atoms with Gasteiger partial charge in [0, 0.05) is 11.6 Å². The van der Waals surface area contributed by atoms with Crippen molar-refractivity contribution in [2.75, 3.05) is 6.54 Å². The van der Waals surface area contributed by atoms with Crippen LogP contribution in [0.2, 0.25) is 5.02 Å². The van der Waals surface area contributed by atoms with Crippen molar-refractivity contribution in [1.29, 1.82) is 0 Å². The lowest BCUT2D eigenvalue weighted by Crippen LogP contribution is -2.31. The molecule has 0 N–H and O–H groups in total. The molecule has 1 saturated heterocycles. The summed E-state index contributed by atoms with van der Waals surface area (Å²) in [5.41, 5.74) is 1.18. The van der Waals surface area contributed by atoms with Crippen LogP contribution in [-0.2, 0) is 0 Å². The largest absolute Gasteiger partial charge is 0.332 e. The molecular formula is C17H15ClFNO. The van der Waals surface area contributed by atoms with Crippen LogP contribution in [0, 0.1) is 5.82 Å². The third-order valence-corrected chi connectivity index (χ3v) is 4.12. The summed E-state index contributed by atoms with van der Waals surface area (Å²) < 4.78 is 13.8. The molecule has 0 aliphatic carbocycles. The highest BCUT2D eigenvalue weighted by Crippen LogP contribution is 2.33. The number of rotatable bonds is 2. The molecule has 21 heavy (non-hydrogen) atoms. The number of nitrogens with zero attached hydrogens (tertiary/aromatic N) is 1. The molecule has 1 aliphatic heterocycles. The minimum absolute atomic E-state index is 0.00521. The Hall–Kier alpha value is -1.87. The van der Waals surface area contributed by atoms with Crippen LogP contribution in [0.5, 0.6) is 0 Å². The molecule has 108 valence electrons. The molecule has 0 bridgehead atoms. The number of amides is 1. The van der Waals surface area contributed by atoms with E-state index in [0.717, 1.165) is 18.4 Å². The highest BCUT2D eigenvalue weighted by Gasteiger charge is 2.31. The molecule has 1 amide bonds. The van der Waals surface area contributed by atoms with E-state index in [1.807, 2.05) is 24.3 Å². The third kappa shape index (κ3) is 2.79. The average molecular weight is 304 g/mol. The van der Waals surface area contributed by atoms with E-state index in [1.165, 1.54) is 12.1 Å². The molecule has 0 saturated carbocycles. The molecule has 3 rings (SSSR count). The molecule has 0 unspecified atom stereocenters. The fourth-order valence-electron chi connectivity index (χ4n) is 2.83. The maximum Gasteiger partial charge on any atom is 0.257 e. The Morgan fingerprint density at radius 3 is 2.57 bits per heavy atom. The fourth-order valence-corrected chi connectivity index (χ4v) is 2.96. The van der Waals surface area contributed by atoms with Gasteiger partial charge in [0.15, 0.2) is 0 Å². The summed E-state index contributed by atoms with van der Waals surface area (Å²) in [4.78, 5) is 14.3. The van der Waals surface area contributed by atoms with Crippen molar-refractivity contribution < 1.29 is 9.18 Å². The summed E-state index contributed by atoms with van der Waals surface area (Å²) in [5, 5.41) is 0.670. The molecule has 2 aromatic rings. The number of likely N-dealkylation sites (tertiary alicyclic amines) is 1. The summed E-state index contributed by atoms with van der Waals surface area (Å²) in [6, 6.07) is 13.6. The van der Waals surface area contributed by atoms with E-state index in [0.29, 0.717) is 11.6 Å². The van der Waals surface area contributed by atoms with Crippen LogP contribution in [0.3, 0.4) is 0 Å². The van der Waals surface area contributed by atoms with Gasteiger partial charge >= 0.3 is 0 Å². The topological polar surface area (TPSA) is 20.3 Å². The van der Waals surface area contributed by atoms with Crippen molar-refractivity contribution in [2.24, 2.45) is 0 Å². The first-order chi connectivity index (χ1) is 10.2. The molecule has 1 fully saturated rings. The van der Waals surface area contributed by atoms with Gasteiger partial charge in [-0.05, 0) is 42.7 Å². The molecule has 1 heterocycles. The lowest BCUT2D eigenvalue weighted by molar-refractivity contribution is 0.0731. The van der Waals surface area contributed by atoms with Gasteiger partial charge in [-0.2, -0.15) is 0 Å². The van der Waals surface area contributed by atoms with Crippen molar-refractivity contribution in [2.45, 2.75) is 18.9 Å². The highest BCUT2D eigenvalue weighted by molar-refractivity contribution is 6.30. The van der Waals surface area contributed by atoms with Crippen LogP contribution in [0.4, 0.5) is 4.39 Å². The molecule has 2 nitrogen and oxygen atoms in total. The van der Waals surface area contributed by atoms with Gasteiger partial charge in [0.2, 0.25) is 0 Å². The van der Waals surface area contributed by atoms with Crippen molar-refractivity contribution in [3.8, 4) is 0 Å². The quantitative estimate of drug-likeness (QED) is 0.802. The van der Waals surface area contributed by atoms with Gasteiger partial charge in [-0.15, -0.1) is 0 Å². The lowest BCUT2D eigenvalue weighted by Gasteiger charge is -2.25. The van der Waals surface area contributed by atoms with Gasteiger partial charge in [0.1, 0.15) is 5.82 Å². The third-order valence-electron chi connectivity index (χ3n) is 3.87. The van der Waals surface area contributed by atoms with Crippen LogP contribution in [0.1, 0.15) is 34.8 Å². The van der Waals surface area contributed by atoms with Crippen LogP contribution in [-0.4, -0.2) is 17.4 Å². The van der Waals surface area contributed by atoms with E-state index in [9.17, 15) is 9.18 Å². The molecule has 0 spiro atoms. The maximum absolute atomic E-state index is 13.8. The monoisotopic (exact) mass is 303 g/mol. The first-order valence-corrected chi connectivity index (χ1v) is 7.35. The predicted molar refractivity (Wildman–Crippen MR) is 80.9 cm³/mol. The number of hydrogen-bond donors (Lipinski definition) is 0. The minimum atomic E-state index is -0.468. The molecular weight excluding hydrogens is 289 g/mol. The fraction of sp³-hybridized carbons (Fsp3) is 0.235. The second kappa shape index (κ2) is 5.86. The Bertz CT molecular complexity index is 656. The van der Waals surface area contributed by atoms with Crippen molar-refractivity contribution in [3.63, 3.8) is 0 Å². The zero-order chi connectivity index (χ0) is 14.8.